The number of allylic oxidation sites excluding steroid dienone is 2. The van der Waals surface area contributed by atoms with Crippen LogP contribution in [0.2, 0.25) is 0 Å². The molecule has 7 nitrogen and oxygen atoms in total. The first-order valence-electron chi connectivity index (χ1n) is 5.94. The molecule has 102 valence electrons. The van der Waals surface area contributed by atoms with Crippen LogP contribution in [0.5, 0.6) is 0 Å². The van der Waals surface area contributed by atoms with Crippen molar-refractivity contribution in [1.82, 2.24) is 4.90 Å². The number of hydrogen-bond acceptors (Lipinski definition) is 6. The Labute approximate surface area is 121 Å². The maximum Gasteiger partial charge on any atom is 0.414 e. The van der Waals surface area contributed by atoms with Crippen molar-refractivity contribution in [2.75, 3.05) is 7.11 Å². The molecule has 0 fully saturated rings. The Morgan fingerprint density at radius 1 is 1.05 bits per heavy atom. The number of hydrogen-bond donors (Lipinski definition) is 0. The van der Waals surface area contributed by atoms with Crippen molar-refractivity contribution in [3.63, 3.8) is 0 Å². The summed E-state index contributed by atoms with van der Waals surface area (Å²) in [4.78, 5) is 12.9. The number of amides is 1. The molecule has 7 heteroatoms. The maximum atomic E-state index is 11.8. The van der Waals surface area contributed by atoms with Crippen LogP contribution in [0.4, 0.5) is 4.79 Å². The average molecular weight is 279 g/mol. The van der Waals surface area contributed by atoms with E-state index in [9.17, 15) is 25.8 Å². The lowest BCUT2D eigenvalue weighted by atomic mass is 9.54. The van der Waals surface area contributed by atoms with Crippen molar-refractivity contribution < 1.29 is 9.53 Å². The van der Waals surface area contributed by atoms with Crippen molar-refractivity contribution in [2.45, 2.75) is 6.04 Å². The molecule has 0 saturated carbocycles. The van der Waals surface area contributed by atoms with Crippen LogP contribution in [0.25, 0.3) is 0 Å². The fourth-order valence-corrected chi connectivity index (χ4v) is 2.76. The van der Waals surface area contributed by atoms with Gasteiger partial charge in [-0.15, -0.1) is 0 Å². The van der Waals surface area contributed by atoms with E-state index in [2.05, 4.69) is 4.74 Å². The molecule has 0 spiro atoms. The number of carbonyl (C=O) groups is 1. The molecule has 2 heterocycles. The Hall–Kier alpha value is -3.29. The molecule has 21 heavy (non-hydrogen) atoms. The first kappa shape index (κ1) is 14.1. The van der Waals surface area contributed by atoms with Gasteiger partial charge in [0.25, 0.3) is 0 Å². The number of ether oxygens (including phenoxy) is 1. The first-order chi connectivity index (χ1) is 10.1. The van der Waals surface area contributed by atoms with Gasteiger partial charge in [-0.25, -0.2) is 4.79 Å². The first-order valence-corrected chi connectivity index (χ1v) is 5.94. The Balaban J connectivity index is 2.78. The van der Waals surface area contributed by atoms with Crippen LogP contribution in [0.3, 0.4) is 0 Å². The molecule has 2 aliphatic heterocycles. The summed E-state index contributed by atoms with van der Waals surface area (Å²) in [5.74, 6) is -0.766. The Morgan fingerprint density at radius 3 is 2.10 bits per heavy atom. The maximum absolute atomic E-state index is 11.8. The van der Waals surface area contributed by atoms with Crippen molar-refractivity contribution in [3.8, 4) is 24.3 Å². The summed E-state index contributed by atoms with van der Waals surface area (Å²) in [6.45, 7) is 0. The van der Waals surface area contributed by atoms with Gasteiger partial charge in [-0.2, -0.15) is 21.0 Å². The number of nitrogens with zero attached hydrogens (tertiary/aromatic N) is 5. The zero-order valence-electron chi connectivity index (χ0n) is 11.0. The van der Waals surface area contributed by atoms with Gasteiger partial charge in [-0.3, -0.25) is 4.90 Å². The van der Waals surface area contributed by atoms with Crippen LogP contribution in [-0.2, 0) is 4.74 Å². The van der Waals surface area contributed by atoms with Gasteiger partial charge >= 0.3 is 6.09 Å². The normalized spacial score (nSPS) is 26.6. The molecule has 1 aliphatic carbocycles. The Kier molecular flexibility index (Phi) is 3.14. The molecular formula is C14H9N5O2. The van der Waals surface area contributed by atoms with E-state index in [0.717, 1.165) is 4.90 Å². The van der Waals surface area contributed by atoms with Crippen molar-refractivity contribution >= 4 is 6.09 Å². The highest BCUT2D eigenvalue weighted by atomic mass is 16.5. The molecule has 0 unspecified atom stereocenters. The lowest BCUT2D eigenvalue weighted by molar-refractivity contribution is 0.101. The lowest BCUT2D eigenvalue weighted by Gasteiger charge is -2.42. The molecular weight excluding hydrogens is 270 g/mol. The third-order valence-corrected chi connectivity index (χ3v) is 3.91. The summed E-state index contributed by atoms with van der Waals surface area (Å²) >= 11 is 0. The predicted molar refractivity (Wildman–Crippen MR) is 67.1 cm³/mol. The van der Waals surface area contributed by atoms with Gasteiger partial charge in [-0.05, 0) is 0 Å². The van der Waals surface area contributed by atoms with E-state index in [0.29, 0.717) is 0 Å². The smallest absolute Gasteiger partial charge is 0.414 e. The molecule has 0 aromatic carbocycles. The van der Waals surface area contributed by atoms with Gasteiger partial charge in [0.05, 0.1) is 37.4 Å². The van der Waals surface area contributed by atoms with Crippen LogP contribution in [0.1, 0.15) is 0 Å². The second kappa shape index (κ2) is 4.67. The van der Waals surface area contributed by atoms with Gasteiger partial charge in [0.15, 0.2) is 10.8 Å². The lowest BCUT2D eigenvalue weighted by Crippen LogP contribution is -2.56. The van der Waals surface area contributed by atoms with E-state index in [-0.39, 0.29) is 0 Å². The summed E-state index contributed by atoms with van der Waals surface area (Å²) in [5.41, 5.74) is -3.90. The second-order valence-electron chi connectivity index (χ2n) is 4.64. The van der Waals surface area contributed by atoms with Crippen molar-refractivity contribution in [3.05, 3.63) is 24.4 Å². The minimum Gasteiger partial charge on any atom is -0.452 e. The SMILES string of the molecule is COC(=O)N1C=C[C@H]2C=C[C@@H]1C(C#N)(C#N)C2(C#N)C#N. The minimum absolute atomic E-state index is 0.766. The monoisotopic (exact) mass is 279 g/mol. The van der Waals surface area contributed by atoms with E-state index < -0.39 is 28.9 Å². The zero-order chi connectivity index (χ0) is 15.7. The second-order valence-corrected chi connectivity index (χ2v) is 4.64. The van der Waals surface area contributed by atoms with Gasteiger partial charge in [-0.1, -0.05) is 18.2 Å². The quantitative estimate of drug-likeness (QED) is 0.613. The van der Waals surface area contributed by atoms with Crippen LogP contribution < -0.4 is 0 Å². The fourth-order valence-electron chi connectivity index (χ4n) is 2.76. The Bertz CT molecular complexity index is 682. The molecule has 2 bridgehead atoms. The van der Waals surface area contributed by atoms with E-state index in [1.165, 1.54) is 25.5 Å². The van der Waals surface area contributed by atoms with E-state index in [1.807, 2.05) is 12.1 Å². The molecule has 1 amide bonds. The molecule has 0 aromatic heterocycles. The van der Waals surface area contributed by atoms with Crippen molar-refractivity contribution in [2.24, 2.45) is 16.7 Å². The third-order valence-electron chi connectivity index (χ3n) is 3.91. The summed E-state index contributed by atoms with van der Waals surface area (Å²) in [7, 11) is 1.17. The predicted octanol–water partition coefficient (Wildman–Crippen LogP) is 1.20. The Morgan fingerprint density at radius 2 is 1.62 bits per heavy atom. The molecule has 3 rings (SSSR count). The number of carbonyl (C=O) groups excluding carboxylic acids is 1. The number of fused-ring (bicyclic) bond motifs is 2. The largest absolute Gasteiger partial charge is 0.452 e. The molecule has 0 N–H and O–H groups in total. The standard InChI is InChI=1S/C14H9N5O2/c1-21-12(20)19-5-4-10-2-3-11(19)14(8-17,9-18)13(10,6-15)7-16/h2-5,10-11H,1H3/t10-,11-/m1/s1. The van der Waals surface area contributed by atoms with Crippen LogP contribution in [0.15, 0.2) is 24.4 Å². The van der Waals surface area contributed by atoms with Crippen LogP contribution in [-0.4, -0.2) is 24.1 Å². The summed E-state index contributed by atoms with van der Waals surface area (Å²) < 4.78 is 4.63. The van der Waals surface area contributed by atoms with Gasteiger partial charge in [0, 0.05) is 12.1 Å². The van der Waals surface area contributed by atoms with Gasteiger partial charge in [0.1, 0.15) is 0 Å². The molecule has 0 radical (unpaired) electrons. The van der Waals surface area contributed by atoms with Gasteiger partial charge < -0.3 is 4.74 Å². The number of rotatable bonds is 0. The highest BCUT2D eigenvalue weighted by molar-refractivity contribution is 5.71. The topological polar surface area (TPSA) is 125 Å². The summed E-state index contributed by atoms with van der Waals surface area (Å²) in [6.07, 6.45) is 5.07. The van der Waals surface area contributed by atoms with Crippen molar-refractivity contribution in [1.29, 1.82) is 21.0 Å². The molecule has 2 atom stereocenters. The average Bonchev–Trinajstić information content (AvgIpc) is 2.82. The number of nitriles is 4. The van der Waals surface area contributed by atoms with E-state index in [4.69, 9.17) is 0 Å². The summed E-state index contributed by atoms with van der Waals surface area (Å²) in [6, 6.07) is 6.15. The van der Waals surface area contributed by atoms with Gasteiger partial charge in [0.2, 0.25) is 0 Å². The molecule has 3 aliphatic rings. The number of methoxy groups -OCH3 is 1. The fraction of sp³-hybridized carbons (Fsp3) is 0.357. The highest BCUT2D eigenvalue weighted by Gasteiger charge is 2.66. The minimum atomic E-state index is -2.01. The van der Waals surface area contributed by atoms with E-state index in [1.54, 1.807) is 18.2 Å². The summed E-state index contributed by atoms with van der Waals surface area (Å²) in [5, 5.41) is 38.1. The van der Waals surface area contributed by atoms with Crippen LogP contribution >= 0.6 is 0 Å². The van der Waals surface area contributed by atoms with Crippen LogP contribution in [0, 0.1) is 62.1 Å². The molecule has 0 saturated heterocycles. The molecule has 0 aromatic rings. The van der Waals surface area contributed by atoms with E-state index >= 15 is 0 Å². The highest BCUT2D eigenvalue weighted by Crippen LogP contribution is 2.54. The third kappa shape index (κ3) is 1.46. The zero-order valence-corrected chi connectivity index (χ0v) is 11.0.